The Bertz CT molecular complexity index is 2200. The molecule has 1 heterocycles. The van der Waals surface area contributed by atoms with Crippen LogP contribution in [0, 0.1) is 0 Å². The molecule has 2 unspecified atom stereocenters. The van der Waals surface area contributed by atoms with E-state index in [9.17, 15) is 19.2 Å². The van der Waals surface area contributed by atoms with Crippen molar-refractivity contribution in [2.75, 3.05) is 36.2 Å². The van der Waals surface area contributed by atoms with Crippen molar-refractivity contribution in [1.29, 1.82) is 0 Å². The number of rotatable bonds is 14. The van der Waals surface area contributed by atoms with E-state index in [1.165, 1.54) is 28.7 Å². The van der Waals surface area contributed by atoms with Crippen molar-refractivity contribution in [1.82, 2.24) is 5.32 Å². The van der Waals surface area contributed by atoms with E-state index in [2.05, 4.69) is 40.2 Å². The van der Waals surface area contributed by atoms with Crippen LogP contribution in [-0.2, 0) is 27.2 Å². The van der Waals surface area contributed by atoms with Crippen molar-refractivity contribution in [3.63, 3.8) is 0 Å². The fourth-order valence-electron chi connectivity index (χ4n) is 6.61. The zero-order chi connectivity index (χ0) is 39.6. The van der Waals surface area contributed by atoms with Gasteiger partial charge in [-0.25, -0.2) is 4.79 Å². The summed E-state index contributed by atoms with van der Waals surface area (Å²) in [6, 6.07) is 34.0. The van der Waals surface area contributed by atoms with Crippen LogP contribution in [0.1, 0.15) is 74.9 Å². The molecule has 0 radical (unpaired) electrons. The van der Waals surface area contributed by atoms with Gasteiger partial charge in [0.1, 0.15) is 10.7 Å². The Hall–Kier alpha value is -5.65. The third-order valence-electron chi connectivity index (χ3n) is 9.54. The molecule has 4 aromatic carbocycles. The van der Waals surface area contributed by atoms with E-state index < -0.39 is 23.0 Å². The summed E-state index contributed by atoms with van der Waals surface area (Å²) in [4.78, 5) is 57.9. The molecule has 0 saturated heterocycles. The number of amides is 3. The fraction of sp³-hybridized carbons (Fsp3) is 0.244. The minimum absolute atomic E-state index is 0.0754. The predicted molar refractivity (Wildman–Crippen MR) is 228 cm³/mol. The first kappa shape index (κ1) is 40.0. The van der Waals surface area contributed by atoms with Crippen LogP contribution in [0.2, 0.25) is 0 Å². The number of hydrogen-bond donors (Lipinski definition) is 3. The number of hydrogen-bond acceptors (Lipinski definition) is 8. The molecule has 6 rings (SSSR count). The molecule has 0 spiro atoms. The van der Waals surface area contributed by atoms with Gasteiger partial charge in [-0.15, -0.1) is 23.1 Å². The Labute approximate surface area is 336 Å². The minimum atomic E-state index is -0.499. The molecule has 1 aliphatic rings. The highest BCUT2D eigenvalue weighted by molar-refractivity contribution is 8.00. The van der Waals surface area contributed by atoms with Gasteiger partial charge in [-0.2, -0.15) is 0 Å². The van der Waals surface area contributed by atoms with Crippen LogP contribution < -0.4 is 20.9 Å². The molecule has 2 atom stereocenters. The zero-order valence-corrected chi connectivity index (χ0v) is 33.6. The second kappa shape index (κ2) is 18.8. The first-order chi connectivity index (χ1) is 27.1. The van der Waals surface area contributed by atoms with Crippen LogP contribution in [0.3, 0.4) is 0 Å². The van der Waals surface area contributed by atoms with Gasteiger partial charge in [-0.1, -0.05) is 73.7 Å². The average Bonchev–Trinajstić information content (AvgIpc) is 3.57. The molecule has 0 fully saturated rings. The average molecular weight is 787 g/mol. The van der Waals surface area contributed by atoms with Crippen molar-refractivity contribution in [2.24, 2.45) is 0 Å². The van der Waals surface area contributed by atoms with Crippen molar-refractivity contribution < 1.29 is 23.9 Å². The molecule has 288 valence electrons. The monoisotopic (exact) mass is 786 g/mol. The van der Waals surface area contributed by atoms with E-state index >= 15 is 0 Å². The highest BCUT2D eigenvalue weighted by Gasteiger charge is 2.32. The maximum Gasteiger partial charge on any atom is 0.341 e. The Morgan fingerprint density at radius 3 is 2.29 bits per heavy atom. The van der Waals surface area contributed by atoms with Crippen LogP contribution in [0.4, 0.5) is 16.4 Å². The molecule has 9 nitrogen and oxygen atoms in total. The molecule has 0 bridgehead atoms. The third kappa shape index (κ3) is 9.96. The first-order valence-electron chi connectivity index (χ1n) is 18.7. The van der Waals surface area contributed by atoms with E-state index in [0.717, 1.165) is 45.8 Å². The SMILES string of the molecule is CCOC(=O)c1c(NC(=O)C(CC)Sc2cccc(NC(=O)/C(=C\c3ccc(N(C)C)cc3)NC(=O)c3ccccc3)c2)sc2c1CCC(c1ccccc1)C2. The van der Waals surface area contributed by atoms with Crippen LogP contribution in [0.15, 0.2) is 120 Å². The van der Waals surface area contributed by atoms with Crippen molar-refractivity contribution in [3.8, 4) is 0 Å². The van der Waals surface area contributed by atoms with Crippen LogP contribution >= 0.6 is 23.1 Å². The molecule has 11 heteroatoms. The number of carbonyl (C=O) groups is 4. The molecule has 3 amide bonds. The molecule has 5 aromatic rings. The van der Waals surface area contributed by atoms with Crippen LogP contribution in [0.25, 0.3) is 6.08 Å². The fourth-order valence-corrected chi connectivity index (χ4v) is 8.94. The predicted octanol–water partition coefficient (Wildman–Crippen LogP) is 9.18. The Morgan fingerprint density at radius 2 is 1.61 bits per heavy atom. The summed E-state index contributed by atoms with van der Waals surface area (Å²) < 4.78 is 5.47. The van der Waals surface area contributed by atoms with E-state index in [0.29, 0.717) is 34.2 Å². The number of thiophene rings is 1. The van der Waals surface area contributed by atoms with E-state index in [-0.39, 0.29) is 18.2 Å². The minimum Gasteiger partial charge on any atom is -0.462 e. The normalized spacial score (nSPS) is 14.2. The summed E-state index contributed by atoms with van der Waals surface area (Å²) in [5, 5.41) is 8.86. The van der Waals surface area contributed by atoms with E-state index in [1.54, 1.807) is 49.4 Å². The molecule has 3 N–H and O–H groups in total. The lowest BCUT2D eigenvalue weighted by molar-refractivity contribution is -0.116. The number of nitrogens with one attached hydrogen (secondary N) is 3. The number of fused-ring (bicyclic) bond motifs is 1. The van der Waals surface area contributed by atoms with E-state index in [1.807, 2.05) is 74.4 Å². The van der Waals surface area contributed by atoms with Gasteiger partial charge >= 0.3 is 5.97 Å². The van der Waals surface area contributed by atoms with Crippen LogP contribution in [-0.4, -0.2) is 49.6 Å². The molecular weight excluding hydrogens is 741 g/mol. The van der Waals surface area contributed by atoms with Gasteiger partial charge in [-0.3, -0.25) is 14.4 Å². The summed E-state index contributed by atoms with van der Waals surface area (Å²) in [5.74, 6) is -1.20. The molecule has 56 heavy (non-hydrogen) atoms. The molecule has 1 aromatic heterocycles. The maximum atomic E-state index is 13.9. The highest BCUT2D eigenvalue weighted by Crippen LogP contribution is 2.43. The third-order valence-corrected chi connectivity index (χ3v) is 12.1. The first-order valence-corrected chi connectivity index (χ1v) is 20.4. The lowest BCUT2D eigenvalue weighted by Gasteiger charge is -2.23. The van der Waals surface area contributed by atoms with Crippen molar-refractivity contribution >= 4 is 69.2 Å². The lowest BCUT2D eigenvalue weighted by Crippen LogP contribution is -2.30. The molecular formula is C45H46N4O5S2. The largest absolute Gasteiger partial charge is 0.462 e. The van der Waals surface area contributed by atoms with Gasteiger partial charge in [0.05, 0.1) is 17.4 Å². The second-order valence-corrected chi connectivity index (χ2v) is 16.0. The maximum absolute atomic E-state index is 13.9. The zero-order valence-electron chi connectivity index (χ0n) is 32.0. The Kier molecular flexibility index (Phi) is 13.4. The number of esters is 1. The Morgan fingerprint density at radius 1 is 0.893 bits per heavy atom. The quantitative estimate of drug-likeness (QED) is 0.0584. The lowest BCUT2D eigenvalue weighted by atomic mass is 9.83. The number of nitrogens with zero attached hydrogens (tertiary/aromatic N) is 1. The van der Waals surface area contributed by atoms with Gasteiger partial charge in [0.2, 0.25) is 5.91 Å². The summed E-state index contributed by atoms with van der Waals surface area (Å²) in [7, 11) is 3.90. The summed E-state index contributed by atoms with van der Waals surface area (Å²) in [6.45, 7) is 3.96. The number of anilines is 3. The smallest absolute Gasteiger partial charge is 0.341 e. The van der Waals surface area contributed by atoms with Gasteiger partial charge < -0.3 is 25.6 Å². The Balaban J connectivity index is 1.18. The van der Waals surface area contributed by atoms with Crippen molar-refractivity contribution in [2.45, 2.75) is 55.6 Å². The van der Waals surface area contributed by atoms with Crippen molar-refractivity contribution in [3.05, 3.63) is 148 Å². The van der Waals surface area contributed by atoms with Gasteiger partial charge in [0.15, 0.2) is 0 Å². The van der Waals surface area contributed by atoms with E-state index in [4.69, 9.17) is 4.74 Å². The molecule has 0 saturated carbocycles. The number of ether oxygens (including phenoxy) is 1. The van der Waals surface area contributed by atoms with Gasteiger partial charge in [0, 0.05) is 40.8 Å². The highest BCUT2D eigenvalue weighted by atomic mass is 32.2. The number of thioether (sulfide) groups is 1. The van der Waals surface area contributed by atoms with Crippen LogP contribution in [0.5, 0.6) is 0 Å². The topological polar surface area (TPSA) is 117 Å². The number of benzene rings is 4. The molecule has 0 aliphatic heterocycles. The van der Waals surface area contributed by atoms with Gasteiger partial charge in [0.25, 0.3) is 11.8 Å². The summed E-state index contributed by atoms with van der Waals surface area (Å²) in [5.41, 5.74) is 5.45. The number of carbonyl (C=O) groups excluding carboxylic acids is 4. The molecule has 1 aliphatic carbocycles. The second-order valence-electron chi connectivity index (χ2n) is 13.6. The summed E-state index contributed by atoms with van der Waals surface area (Å²) in [6.07, 6.45) is 4.60. The van der Waals surface area contributed by atoms with Gasteiger partial charge in [-0.05, 0) is 104 Å². The summed E-state index contributed by atoms with van der Waals surface area (Å²) >= 11 is 2.84. The standard InChI is InChI=1S/C45H46N4O5S2/c1-5-38(43(52)48-44-40(45(53)54-6-2)36-25-22-32(27-39(36)56-44)30-14-9-7-10-15-30)55-35-19-13-18-33(28-35)46-42(51)37(47-41(50)31-16-11-8-12-17-31)26-29-20-23-34(24-21-29)49(3)4/h7-21,23-24,26,28,32,38H,5-6,22,25,27H2,1-4H3,(H,46,51)(H,47,50)(H,48,52)/b37-26+.